The number of rotatable bonds is 4. The lowest BCUT2D eigenvalue weighted by molar-refractivity contribution is -0.117. The SMILES string of the molecule is CS(=O)(=O)N1CCCC(Cc2ccc(N3CC(=O)NS3(=O)=O)c(O)c2)C1. The van der Waals surface area contributed by atoms with Gasteiger partial charge in [-0.15, -0.1) is 0 Å². The van der Waals surface area contributed by atoms with E-state index in [0.29, 0.717) is 19.5 Å². The van der Waals surface area contributed by atoms with Crippen LogP contribution in [0.4, 0.5) is 5.69 Å². The number of sulfonamides is 1. The minimum atomic E-state index is -3.98. The molecule has 1 atom stereocenters. The van der Waals surface area contributed by atoms with Gasteiger partial charge in [0.05, 0.1) is 11.9 Å². The van der Waals surface area contributed by atoms with Crippen molar-refractivity contribution in [3.63, 3.8) is 0 Å². The number of piperidine rings is 1. The Bertz CT molecular complexity index is 929. The summed E-state index contributed by atoms with van der Waals surface area (Å²) in [5, 5.41) is 10.2. The molecule has 2 N–H and O–H groups in total. The summed E-state index contributed by atoms with van der Waals surface area (Å²) >= 11 is 0. The van der Waals surface area contributed by atoms with Gasteiger partial charge in [-0.2, -0.15) is 8.42 Å². The first-order chi connectivity index (χ1) is 12.1. The van der Waals surface area contributed by atoms with Crippen molar-refractivity contribution in [2.24, 2.45) is 5.92 Å². The van der Waals surface area contributed by atoms with Crippen LogP contribution in [0.2, 0.25) is 0 Å². The number of phenolic OH excluding ortho intramolecular Hbond substituents is 1. The molecule has 0 radical (unpaired) electrons. The van der Waals surface area contributed by atoms with E-state index in [2.05, 4.69) is 0 Å². The van der Waals surface area contributed by atoms with Gasteiger partial charge in [0.1, 0.15) is 12.3 Å². The van der Waals surface area contributed by atoms with Crippen molar-refractivity contribution in [3.8, 4) is 5.75 Å². The first-order valence-electron chi connectivity index (χ1n) is 8.16. The summed E-state index contributed by atoms with van der Waals surface area (Å²) in [7, 11) is -7.20. The molecular formula is C15H21N3O6S2. The maximum absolute atomic E-state index is 11.9. The number of carbonyl (C=O) groups excluding carboxylic acids is 1. The van der Waals surface area contributed by atoms with E-state index in [-0.39, 0.29) is 23.9 Å². The highest BCUT2D eigenvalue weighted by molar-refractivity contribution is 7.92. The number of amides is 1. The van der Waals surface area contributed by atoms with Crippen molar-refractivity contribution in [2.75, 3.05) is 30.2 Å². The molecule has 1 aromatic rings. The van der Waals surface area contributed by atoms with Gasteiger partial charge in [-0.05, 0) is 42.9 Å². The lowest BCUT2D eigenvalue weighted by Crippen LogP contribution is -2.39. The summed E-state index contributed by atoms with van der Waals surface area (Å²) in [4.78, 5) is 11.3. The van der Waals surface area contributed by atoms with E-state index in [4.69, 9.17) is 0 Å². The molecule has 1 unspecified atom stereocenters. The van der Waals surface area contributed by atoms with E-state index in [0.717, 1.165) is 22.7 Å². The number of aromatic hydroxyl groups is 1. The zero-order valence-corrected chi connectivity index (χ0v) is 15.9. The third-order valence-corrected chi connectivity index (χ3v) is 7.27. The highest BCUT2D eigenvalue weighted by Gasteiger charge is 2.35. The molecule has 2 saturated heterocycles. The van der Waals surface area contributed by atoms with E-state index in [1.165, 1.54) is 22.7 Å². The second-order valence-electron chi connectivity index (χ2n) is 6.69. The van der Waals surface area contributed by atoms with Gasteiger partial charge in [0, 0.05) is 13.1 Å². The van der Waals surface area contributed by atoms with Crippen LogP contribution in [0, 0.1) is 5.92 Å². The Labute approximate surface area is 152 Å². The summed E-state index contributed by atoms with van der Waals surface area (Å²) in [6, 6.07) is 4.61. The molecule has 0 aromatic heterocycles. The Morgan fingerprint density at radius 2 is 2.08 bits per heavy atom. The normalized spacial score (nSPS) is 23.8. The van der Waals surface area contributed by atoms with E-state index in [1.54, 1.807) is 6.07 Å². The first kappa shape index (κ1) is 18.9. The second kappa shape index (κ2) is 6.71. The number of benzene rings is 1. The van der Waals surface area contributed by atoms with E-state index < -0.39 is 26.1 Å². The largest absolute Gasteiger partial charge is 0.506 e. The summed E-state index contributed by atoms with van der Waals surface area (Å²) in [5.74, 6) is -0.766. The van der Waals surface area contributed by atoms with Gasteiger partial charge in [-0.1, -0.05) is 6.07 Å². The third kappa shape index (κ3) is 3.94. The van der Waals surface area contributed by atoms with Gasteiger partial charge in [0.15, 0.2) is 0 Å². The van der Waals surface area contributed by atoms with Crippen LogP contribution in [0.25, 0.3) is 0 Å². The van der Waals surface area contributed by atoms with Gasteiger partial charge in [0.25, 0.3) is 5.91 Å². The number of nitrogens with one attached hydrogen (secondary N) is 1. The predicted octanol–water partition coefficient (Wildman–Crippen LogP) is -0.213. The molecule has 3 rings (SSSR count). The van der Waals surface area contributed by atoms with Gasteiger partial charge >= 0.3 is 10.2 Å². The molecule has 9 nitrogen and oxygen atoms in total. The molecule has 26 heavy (non-hydrogen) atoms. The number of hydrogen-bond donors (Lipinski definition) is 2. The van der Waals surface area contributed by atoms with Gasteiger partial charge in [-0.25, -0.2) is 21.8 Å². The maximum atomic E-state index is 11.9. The first-order valence-corrected chi connectivity index (χ1v) is 11.5. The van der Waals surface area contributed by atoms with E-state index in [1.807, 2.05) is 4.72 Å². The fourth-order valence-corrected chi connectivity index (χ4v) is 5.50. The van der Waals surface area contributed by atoms with Crippen molar-refractivity contribution in [1.29, 1.82) is 0 Å². The average Bonchev–Trinajstić information content (AvgIpc) is 2.79. The third-order valence-electron chi connectivity index (χ3n) is 4.60. The number of hydrogen-bond acceptors (Lipinski definition) is 6. The topological polar surface area (TPSA) is 124 Å². The smallest absolute Gasteiger partial charge is 0.326 e. The van der Waals surface area contributed by atoms with Crippen LogP contribution in [0.15, 0.2) is 18.2 Å². The Kier molecular flexibility index (Phi) is 4.88. The number of nitrogens with zero attached hydrogens (tertiary/aromatic N) is 2. The summed E-state index contributed by atoms with van der Waals surface area (Å²) in [6.45, 7) is 0.578. The van der Waals surface area contributed by atoms with Crippen LogP contribution in [-0.2, 0) is 31.4 Å². The Balaban J connectivity index is 1.75. The lowest BCUT2D eigenvalue weighted by atomic mass is 9.92. The molecule has 2 heterocycles. The van der Waals surface area contributed by atoms with Crippen molar-refractivity contribution < 1.29 is 26.7 Å². The number of anilines is 1. The fraction of sp³-hybridized carbons (Fsp3) is 0.533. The predicted molar refractivity (Wildman–Crippen MR) is 95.4 cm³/mol. The highest BCUT2D eigenvalue weighted by Crippen LogP contribution is 2.32. The quantitative estimate of drug-likeness (QED) is 0.717. The van der Waals surface area contributed by atoms with Crippen molar-refractivity contribution in [2.45, 2.75) is 19.3 Å². The van der Waals surface area contributed by atoms with Crippen molar-refractivity contribution in [1.82, 2.24) is 9.03 Å². The van der Waals surface area contributed by atoms with E-state index in [9.17, 15) is 26.7 Å². The van der Waals surface area contributed by atoms with Crippen LogP contribution in [-0.4, -0.2) is 58.0 Å². The molecule has 2 fully saturated rings. The van der Waals surface area contributed by atoms with Crippen LogP contribution >= 0.6 is 0 Å². The summed E-state index contributed by atoms with van der Waals surface area (Å²) < 4.78 is 51.3. The van der Waals surface area contributed by atoms with Gasteiger partial charge in [-0.3, -0.25) is 4.79 Å². The molecule has 2 aliphatic heterocycles. The van der Waals surface area contributed by atoms with Crippen LogP contribution < -0.4 is 9.03 Å². The molecule has 0 saturated carbocycles. The molecular weight excluding hydrogens is 382 g/mol. The zero-order chi connectivity index (χ0) is 19.1. The highest BCUT2D eigenvalue weighted by atomic mass is 32.2. The Hall–Kier alpha value is -1.85. The van der Waals surface area contributed by atoms with Crippen LogP contribution in [0.3, 0.4) is 0 Å². The number of phenols is 1. The Morgan fingerprint density at radius 3 is 2.65 bits per heavy atom. The maximum Gasteiger partial charge on any atom is 0.326 e. The minimum absolute atomic E-state index is 0.0357. The van der Waals surface area contributed by atoms with E-state index >= 15 is 0 Å². The molecule has 1 amide bonds. The molecule has 0 aliphatic carbocycles. The minimum Gasteiger partial charge on any atom is -0.506 e. The number of carbonyl (C=O) groups is 1. The van der Waals surface area contributed by atoms with Crippen LogP contribution in [0.5, 0.6) is 5.75 Å². The van der Waals surface area contributed by atoms with Crippen molar-refractivity contribution >= 4 is 31.8 Å². The van der Waals surface area contributed by atoms with Crippen molar-refractivity contribution in [3.05, 3.63) is 23.8 Å². The monoisotopic (exact) mass is 403 g/mol. The second-order valence-corrected chi connectivity index (χ2v) is 10.3. The molecule has 0 bridgehead atoms. The standard InChI is InChI=1S/C15H21N3O6S2/c1-25(21,22)17-6-2-3-12(9-17)7-11-4-5-13(14(19)8-11)18-10-15(20)16-26(18,23)24/h4-5,8,12,19H,2-3,6-7,9-10H2,1H3,(H,16,20). The lowest BCUT2D eigenvalue weighted by Gasteiger charge is -2.31. The molecule has 0 spiro atoms. The summed E-state index contributed by atoms with van der Waals surface area (Å²) in [6.07, 6.45) is 3.43. The average molecular weight is 403 g/mol. The molecule has 11 heteroatoms. The summed E-state index contributed by atoms with van der Waals surface area (Å²) in [5.41, 5.74) is 0.816. The van der Waals surface area contributed by atoms with Gasteiger partial charge < -0.3 is 5.11 Å². The molecule has 2 aliphatic rings. The Morgan fingerprint density at radius 1 is 1.35 bits per heavy atom. The molecule has 1 aromatic carbocycles. The van der Waals surface area contributed by atoms with Gasteiger partial charge in [0.2, 0.25) is 10.0 Å². The fourth-order valence-electron chi connectivity index (χ4n) is 3.40. The molecule has 144 valence electrons. The van der Waals surface area contributed by atoms with Crippen LogP contribution in [0.1, 0.15) is 18.4 Å². The zero-order valence-electron chi connectivity index (χ0n) is 14.3.